The molecule has 0 saturated carbocycles. The molecule has 0 fully saturated rings. The zero-order valence-corrected chi connectivity index (χ0v) is 18.7. The maximum atomic E-state index is 9.37. The van der Waals surface area contributed by atoms with E-state index in [0.29, 0.717) is 0 Å². The molecule has 0 aliphatic carbocycles. The average Bonchev–Trinajstić information content (AvgIpc) is 1.95. The Morgan fingerprint density at radius 3 is 0.857 bits per heavy atom. The maximum Gasteiger partial charge on any atom is 2.00 e. The van der Waals surface area contributed by atoms with Crippen LogP contribution in [-0.4, -0.2) is 83.2 Å². The first-order valence-electron chi connectivity index (χ1n) is 2.46. The first kappa shape index (κ1) is 38.5. The first-order chi connectivity index (χ1) is 7.67. The molecule has 0 radical (unpaired) electrons. The number of halogens is 2. The van der Waals surface area contributed by atoms with Crippen molar-refractivity contribution >= 4 is 69.7 Å². The molecule has 21 heteroatoms. The van der Waals surface area contributed by atoms with E-state index in [9.17, 15) is 25.9 Å². The molecule has 0 rings (SSSR count). The van der Waals surface area contributed by atoms with Crippen molar-refractivity contribution in [3.63, 3.8) is 0 Å². The van der Waals surface area contributed by atoms with Crippen LogP contribution in [0.4, 0.5) is 0 Å². The number of rotatable bonds is 3. The van der Waals surface area contributed by atoms with E-state index in [0.717, 1.165) is 0 Å². The predicted molar refractivity (Wildman–Crippen MR) is 41.8 cm³/mol. The Morgan fingerprint density at radius 2 is 0.810 bits per heavy atom. The van der Waals surface area contributed by atoms with Gasteiger partial charge < -0.3 is 38.2 Å². The molecule has 21 heavy (non-hydrogen) atoms. The Labute approximate surface area is 169 Å². The van der Waals surface area contributed by atoms with Crippen LogP contribution >= 0.6 is 0 Å². The smallest absolute Gasteiger partial charge is 0.724 e. The van der Waals surface area contributed by atoms with Gasteiger partial charge in [-0.1, -0.05) is 0 Å². The number of hydrogen-bond acceptors (Lipinski definition) is 16. The van der Waals surface area contributed by atoms with Crippen LogP contribution in [0, 0.1) is 29.6 Å². The third kappa shape index (κ3) is 109. The summed E-state index contributed by atoms with van der Waals surface area (Å²) in [7, 11) is -10.6. The van der Waals surface area contributed by atoms with Crippen LogP contribution in [0.1, 0.15) is 0 Å². The summed E-state index contributed by atoms with van der Waals surface area (Å²) in [5.74, 6) is 0. The van der Waals surface area contributed by atoms with Gasteiger partial charge in [-0.2, -0.15) is 0 Å². The van der Waals surface area contributed by atoms with Gasteiger partial charge in [0, 0.05) is 0 Å². The van der Waals surface area contributed by atoms with Gasteiger partial charge in [-0.3, -0.25) is 0 Å². The van der Waals surface area contributed by atoms with E-state index in [4.69, 9.17) is 25.2 Å². The topological polar surface area (TPSA) is 336 Å². The van der Waals surface area contributed by atoms with Gasteiger partial charge in [0.05, 0.1) is 0 Å². The van der Waals surface area contributed by atoms with Crippen LogP contribution in [0.15, 0.2) is 0 Å². The second-order valence-corrected chi connectivity index (χ2v) is 4.95. The second-order valence-electron chi connectivity index (χ2n) is 1.35. The zero-order valence-electron chi connectivity index (χ0n) is 9.49. The third-order valence-electron chi connectivity index (χ3n) is 0.194. The van der Waals surface area contributed by atoms with E-state index in [1.54, 1.807) is 0 Å². The van der Waals surface area contributed by atoms with Gasteiger partial charge in [-0.25, -0.2) is 16.8 Å². The molecule has 0 bridgehead atoms. The van der Waals surface area contributed by atoms with Gasteiger partial charge in [0.25, 0.3) is 0 Å². The summed E-state index contributed by atoms with van der Waals surface area (Å²) in [6.45, 7) is 0. The Bertz CT molecular complexity index is 332. The van der Waals surface area contributed by atoms with Gasteiger partial charge in [0.1, 0.15) is 0 Å². The summed E-state index contributed by atoms with van der Waals surface area (Å²) in [6, 6.07) is 0. The minimum absolute atomic E-state index is 0. The standard InChI is InChI=1S/Ba.2BrHO3.2H3N.H2O8S2/c;2*2-1(3)4;;;1-9(2,3)7-8-10(4,5)6/h;2*2H;2*1H3;(H,1,2,3)(H,4,5,6)/q+2;;;;;/p-2. The largest absolute Gasteiger partial charge is 2.00 e. The summed E-state index contributed by atoms with van der Waals surface area (Å²) < 4.78 is 110. The van der Waals surface area contributed by atoms with Crippen molar-refractivity contribution in [3.05, 3.63) is 0 Å². The van der Waals surface area contributed by atoms with Crippen molar-refractivity contribution in [2.24, 2.45) is 0 Å². The van der Waals surface area contributed by atoms with Gasteiger partial charge in [0.15, 0.2) is 0 Å². The van der Waals surface area contributed by atoms with Crippen molar-refractivity contribution in [3.8, 4) is 0 Å². The Kier molecular flexibility index (Phi) is 36.6. The summed E-state index contributed by atoms with van der Waals surface area (Å²) in [5, 5.41) is 0. The molecule has 0 atom stereocenters. The van der Waals surface area contributed by atoms with E-state index >= 15 is 0 Å². The zero-order chi connectivity index (χ0) is 15.6. The van der Waals surface area contributed by atoms with Crippen LogP contribution in [-0.2, 0) is 29.5 Å². The fourth-order valence-electron chi connectivity index (χ4n) is 0.0680. The summed E-state index contributed by atoms with van der Waals surface area (Å²) in [6.07, 6.45) is 0. The second kappa shape index (κ2) is 20.0. The molecular formula is H8BaBr2N2O14S2. The summed E-state index contributed by atoms with van der Waals surface area (Å²) >= 11 is -6.79. The molecule has 0 heterocycles. The molecule has 0 saturated heterocycles. The van der Waals surface area contributed by atoms with Gasteiger partial charge in [0.2, 0.25) is 20.8 Å². The molecule has 0 aliphatic heterocycles. The fourth-order valence-corrected chi connectivity index (χ4v) is 0.612. The maximum absolute atomic E-state index is 9.37. The Hall–Kier alpha value is 1.95. The molecule has 0 aromatic rings. The summed E-state index contributed by atoms with van der Waals surface area (Å²) in [4.78, 5) is 0. The van der Waals surface area contributed by atoms with Crippen LogP contribution in [0.5, 0.6) is 0 Å². The summed E-state index contributed by atoms with van der Waals surface area (Å²) in [5.41, 5.74) is 0. The molecular weight excluding hydrogens is 613 g/mol. The van der Waals surface area contributed by atoms with Crippen LogP contribution < -0.4 is 29.1 Å². The molecule has 16 nitrogen and oxygen atoms in total. The molecule has 0 aliphatic rings. The Balaban J connectivity index is -0.0000000439. The molecule has 0 amide bonds. The quantitative estimate of drug-likeness (QED) is 0.0747. The first-order valence-corrected chi connectivity index (χ1v) is 9.13. The van der Waals surface area contributed by atoms with E-state index in [-0.39, 0.29) is 61.2 Å². The van der Waals surface area contributed by atoms with Gasteiger partial charge in [-0.05, 0) is 8.40 Å². The molecule has 0 aromatic carbocycles. The molecule has 0 unspecified atom stereocenters. The minimum atomic E-state index is -5.31. The van der Waals surface area contributed by atoms with Crippen molar-refractivity contribution in [1.82, 2.24) is 12.3 Å². The van der Waals surface area contributed by atoms with Crippen molar-refractivity contribution in [2.45, 2.75) is 0 Å². The van der Waals surface area contributed by atoms with Crippen molar-refractivity contribution in [1.29, 1.82) is 0 Å². The van der Waals surface area contributed by atoms with E-state index in [1.807, 2.05) is 0 Å². The van der Waals surface area contributed by atoms with Crippen LogP contribution in [0.2, 0.25) is 0 Å². The van der Waals surface area contributed by atoms with Gasteiger partial charge in [-0.15, -0.1) is 8.67 Å². The minimum Gasteiger partial charge on any atom is -0.724 e. The molecule has 130 valence electrons. The van der Waals surface area contributed by atoms with Crippen LogP contribution in [0.3, 0.4) is 0 Å². The van der Waals surface area contributed by atoms with E-state index in [1.165, 1.54) is 0 Å². The predicted octanol–water partition coefficient (Wildman–Crippen LogP) is -8.07. The number of hydrogen-bond donors (Lipinski definition) is 4. The Morgan fingerprint density at radius 1 is 0.714 bits per heavy atom. The van der Waals surface area contributed by atoms with Gasteiger partial charge >= 0.3 is 78.5 Å². The molecule has 8 N–H and O–H groups in total. The SMILES string of the molecule is N.N.O=S(=O)([O-])OOS(=O)(=O)[O-].[Ba+2].[O-][Br+2]([O-])O.[O-][Br+2]([O-])O. The van der Waals surface area contributed by atoms with E-state index < -0.39 is 50.4 Å². The normalized spacial score (nSPS) is 9.81. The van der Waals surface area contributed by atoms with Crippen molar-refractivity contribution < 1.29 is 89.4 Å². The van der Waals surface area contributed by atoms with Crippen LogP contribution in [0.25, 0.3) is 0 Å². The molecule has 0 spiro atoms. The average molecular weight is 621 g/mol. The fraction of sp³-hybridized carbons (Fsp3) is 0. The monoisotopic (exact) mass is 620 g/mol. The van der Waals surface area contributed by atoms with E-state index in [2.05, 4.69) is 8.67 Å². The van der Waals surface area contributed by atoms with Crippen molar-refractivity contribution in [2.75, 3.05) is 0 Å². The third-order valence-corrected chi connectivity index (χ3v) is 0.750. The molecule has 0 aromatic heterocycles.